The molecule has 0 radical (unpaired) electrons. The van der Waals surface area contributed by atoms with E-state index in [1.807, 2.05) is 48.0 Å². The minimum atomic E-state index is -0.169. The quantitative estimate of drug-likeness (QED) is 0.270. The topological polar surface area (TPSA) is 97.1 Å². The monoisotopic (exact) mass is 615 g/mol. The summed E-state index contributed by atoms with van der Waals surface area (Å²) in [5, 5.41) is 11.1. The number of halogens is 1. The zero-order chi connectivity index (χ0) is 27.8. The van der Waals surface area contributed by atoms with Gasteiger partial charge in [-0.15, -0.1) is 16.4 Å². The van der Waals surface area contributed by atoms with Gasteiger partial charge in [-0.3, -0.25) is 9.59 Å². The Morgan fingerprint density at radius 3 is 2.65 bits per heavy atom. The van der Waals surface area contributed by atoms with Crippen LogP contribution in [0.1, 0.15) is 32.9 Å². The number of carbonyl (C=O) groups excluding carboxylic acids is 2. The van der Waals surface area contributed by atoms with Gasteiger partial charge in [-0.05, 0) is 47.5 Å². The number of rotatable bonds is 6. The van der Waals surface area contributed by atoms with Crippen LogP contribution < -0.4 is 0 Å². The van der Waals surface area contributed by atoms with Crippen LogP contribution in [0.2, 0.25) is 0 Å². The Morgan fingerprint density at radius 2 is 1.88 bits per heavy atom. The van der Waals surface area contributed by atoms with Gasteiger partial charge in [0.2, 0.25) is 5.91 Å². The van der Waals surface area contributed by atoms with Gasteiger partial charge in [0.15, 0.2) is 3.92 Å². The van der Waals surface area contributed by atoms with Crippen LogP contribution in [-0.2, 0) is 17.9 Å². The molecule has 1 saturated heterocycles. The molecule has 40 heavy (non-hydrogen) atoms. The highest BCUT2D eigenvalue weighted by atomic mass is 79.9. The molecule has 0 spiro atoms. The highest BCUT2D eigenvalue weighted by molar-refractivity contribution is 9.11. The minimum Gasteiger partial charge on any atom is -0.333 e. The first-order valence-electron chi connectivity index (χ1n) is 12.9. The summed E-state index contributed by atoms with van der Waals surface area (Å²) in [4.78, 5) is 39.5. The van der Waals surface area contributed by atoms with E-state index >= 15 is 0 Å². The lowest BCUT2D eigenvalue weighted by Crippen LogP contribution is -2.51. The molecule has 9 nitrogen and oxygen atoms in total. The van der Waals surface area contributed by atoms with Gasteiger partial charge in [0.25, 0.3) is 5.91 Å². The summed E-state index contributed by atoms with van der Waals surface area (Å²) >= 11 is 4.89. The molecule has 11 heteroatoms. The number of para-hydroxylation sites is 1. The highest BCUT2D eigenvalue weighted by Gasteiger charge is 2.29. The second-order valence-electron chi connectivity index (χ2n) is 9.93. The van der Waals surface area contributed by atoms with Crippen molar-refractivity contribution in [1.29, 1.82) is 0 Å². The number of hydrogen-bond acceptors (Lipinski definition) is 7. The Morgan fingerprint density at radius 1 is 1.02 bits per heavy atom. The lowest BCUT2D eigenvalue weighted by Gasteiger charge is -2.34. The van der Waals surface area contributed by atoms with Gasteiger partial charge >= 0.3 is 0 Å². The molecule has 0 N–H and O–H groups in total. The maximum absolute atomic E-state index is 13.8. The van der Waals surface area contributed by atoms with E-state index in [9.17, 15) is 9.59 Å². The predicted molar refractivity (Wildman–Crippen MR) is 157 cm³/mol. The lowest BCUT2D eigenvalue weighted by molar-refractivity contribution is -0.135. The average Bonchev–Trinajstić information content (AvgIpc) is 3.56. The van der Waals surface area contributed by atoms with E-state index in [2.05, 4.69) is 57.2 Å². The van der Waals surface area contributed by atoms with Crippen LogP contribution in [0.3, 0.4) is 0 Å². The summed E-state index contributed by atoms with van der Waals surface area (Å²) in [6.45, 7) is 5.82. The Hall–Kier alpha value is -3.96. The zero-order valence-corrected chi connectivity index (χ0v) is 24.4. The summed E-state index contributed by atoms with van der Waals surface area (Å²) in [5.41, 5.74) is 6.90. The Bertz CT molecular complexity index is 1750. The van der Waals surface area contributed by atoms with Crippen molar-refractivity contribution < 1.29 is 9.59 Å². The van der Waals surface area contributed by atoms with E-state index in [1.54, 1.807) is 14.5 Å². The first-order chi connectivity index (χ1) is 19.3. The van der Waals surface area contributed by atoms with Crippen molar-refractivity contribution in [2.45, 2.75) is 26.9 Å². The number of hydrogen-bond donors (Lipinski definition) is 0. The fraction of sp³-hybridized carbons (Fsp3) is 0.241. The van der Waals surface area contributed by atoms with E-state index in [0.717, 1.165) is 37.3 Å². The molecule has 2 amide bonds. The van der Waals surface area contributed by atoms with Crippen LogP contribution in [0.4, 0.5) is 0 Å². The number of nitrogens with zero attached hydrogens (tertiary/aromatic N) is 7. The number of fused-ring (bicyclic) bond motifs is 1. The van der Waals surface area contributed by atoms with Gasteiger partial charge < -0.3 is 9.80 Å². The maximum atomic E-state index is 13.8. The number of carbonyl (C=O) groups is 2. The van der Waals surface area contributed by atoms with E-state index < -0.39 is 0 Å². The summed E-state index contributed by atoms with van der Waals surface area (Å²) in [6, 6.07) is 15.7. The lowest BCUT2D eigenvalue weighted by atomic mass is 9.99. The average molecular weight is 617 g/mol. The van der Waals surface area contributed by atoms with Crippen LogP contribution in [0.25, 0.3) is 22.2 Å². The van der Waals surface area contributed by atoms with Crippen molar-refractivity contribution in [3.05, 3.63) is 92.1 Å². The zero-order valence-electron chi connectivity index (χ0n) is 22.0. The van der Waals surface area contributed by atoms with Gasteiger partial charge in [-0.1, -0.05) is 47.2 Å². The molecule has 0 bridgehead atoms. The molecule has 0 aliphatic carbocycles. The highest BCUT2D eigenvalue weighted by Crippen LogP contribution is 2.29. The normalized spacial score (nSPS) is 13.8. The molecule has 1 fully saturated rings. The van der Waals surface area contributed by atoms with Crippen molar-refractivity contribution >= 4 is 50.0 Å². The number of thiazole rings is 1. The Labute approximate surface area is 243 Å². The van der Waals surface area contributed by atoms with Gasteiger partial charge in [-0.25, -0.2) is 14.6 Å². The maximum Gasteiger partial charge on any atom is 0.255 e. The molecular formula is C29H26BrN7O2S. The first kappa shape index (κ1) is 26.3. The fourth-order valence-corrected chi connectivity index (χ4v) is 6.05. The molecule has 0 saturated carbocycles. The Kier molecular flexibility index (Phi) is 7.16. The van der Waals surface area contributed by atoms with E-state index in [4.69, 9.17) is 4.98 Å². The van der Waals surface area contributed by atoms with Crippen LogP contribution in [-0.4, -0.2) is 66.2 Å². The summed E-state index contributed by atoms with van der Waals surface area (Å²) in [5.74, 6) is -0.288. The number of aromatic nitrogens is 5. The van der Waals surface area contributed by atoms with E-state index in [1.165, 1.54) is 16.9 Å². The molecule has 4 heterocycles. The van der Waals surface area contributed by atoms with Gasteiger partial charge in [0.05, 0.1) is 41.8 Å². The third kappa shape index (κ3) is 5.39. The SMILES string of the molecule is Cc1ccc(-c2cc(C(=O)N3CCN(Cc4cn(Cc5csc(Br)n5)nn4)C(=O)C3)c3ccccc3n2)c(C)c1. The molecule has 1 aliphatic rings. The number of piperazine rings is 1. The van der Waals surface area contributed by atoms with Gasteiger partial charge in [-0.2, -0.15) is 0 Å². The molecule has 5 aromatic rings. The number of benzene rings is 2. The number of aryl methyl sites for hydroxylation is 2. The number of pyridine rings is 1. The van der Waals surface area contributed by atoms with Crippen LogP contribution in [0.15, 0.2) is 64.0 Å². The van der Waals surface area contributed by atoms with Crippen LogP contribution >= 0.6 is 27.3 Å². The van der Waals surface area contributed by atoms with Gasteiger partial charge in [0, 0.05) is 29.4 Å². The summed E-state index contributed by atoms with van der Waals surface area (Å²) in [6.07, 6.45) is 1.83. The molecule has 202 valence electrons. The predicted octanol–water partition coefficient (Wildman–Crippen LogP) is 4.86. The second kappa shape index (κ2) is 10.9. The number of amides is 2. The van der Waals surface area contributed by atoms with Crippen LogP contribution in [0, 0.1) is 13.8 Å². The Balaban J connectivity index is 1.19. The van der Waals surface area contributed by atoms with Crippen molar-refractivity contribution in [1.82, 2.24) is 34.8 Å². The standard InChI is InChI=1S/C29H26BrN7O2S/c1-18-7-8-22(19(2)11-18)26-12-24(23-5-3-4-6-25(23)32-26)28(39)36-10-9-35(27(38)16-36)13-20-14-37(34-33-20)15-21-17-40-29(30)31-21/h3-8,11-12,14,17H,9-10,13,15-16H2,1-2H3. The van der Waals surface area contributed by atoms with E-state index in [0.29, 0.717) is 37.4 Å². The van der Waals surface area contributed by atoms with Crippen molar-refractivity contribution in [3.63, 3.8) is 0 Å². The summed E-state index contributed by atoms with van der Waals surface area (Å²) < 4.78 is 2.53. The first-order valence-corrected chi connectivity index (χ1v) is 14.5. The van der Waals surface area contributed by atoms with Crippen molar-refractivity contribution in [2.24, 2.45) is 0 Å². The molecule has 3 aromatic heterocycles. The van der Waals surface area contributed by atoms with Crippen LogP contribution in [0.5, 0.6) is 0 Å². The summed E-state index contributed by atoms with van der Waals surface area (Å²) in [7, 11) is 0. The second-order valence-corrected chi connectivity index (χ2v) is 12.1. The van der Waals surface area contributed by atoms with Crippen molar-refractivity contribution in [2.75, 3.05) is 19.6 Å². The van der Waals surface area contributed by atoms with Gasteiger partial charge in [0.1, 0.15) is 12.2 Å². The smallest absolute Gasteiger partial charge is 0.255 e. The molecular weight excluding hydrogens is 590 g/mol. The van der Waals surface area contributed by atoms with Crippen molar-refractivity contribution in [3.8, 4) is 11.3 Å². The van der Waals surface area contributed by atoms with E-state index in [-0.39, 0.29) is 18.4 Å². The third-order valence-corrected chi connectivity index (χ3v) is 8.41. The molecule has 6 rings (SSSR count). The molecule has 0 atom stereocenters. The largest absolute Gasteiger partial charge is 0.333 e. The third-order valence-electron chi connectivity index (χ3n) is 7.00. The fourth-order valence-electron chi connectivity index (χ4n) is 5.02. The minimum absolute atomic E-state index is 0.00929. The molecule has 2 aromatic carbocycles. The molecule has 1 aliphatic heterocycles. The molecule has 0 unspecified atom stereocenters.